The van der Waals surface area contributed by atoms with Gasteiger partial charge in [0.25, 0.3) is 0 Å². The quantitative estimate of drug-likeness (QED) is 0.797. The summed E-state index contributed by atoms with van der Waals surface area (Å²) in [7, 11) is 0. The second-order valence-corrected chi connectivity index (χ2v) is 5.59. The zero-order chi connectivity index (χ0) is 16.2. The van der Waals surface area contributed by atoms with Crippen molar-refractivity contribution in [1.29, 1.82) is 0 Å². The molecule has 0 unspecified atom stereocenters. The van der Waals surface area contributed by atoms with Gasteiger partial charge in [0.2, 0.25) is 11.8 Å². The van der Waals surface area contributed by atoms with E-state index in [4.69, 9.17) is 0 Å². The topological polar surface area (TPSA) is 53.5 Å². The number of hydrogen-bond donors (Lipinski definition) is 0. The molecular formula is C18H19N3O2. The first-order valence-electron chi connectivity index (χ1n) is 7.71. The van der Waals surface area contributed by atoms with E-state index in [2.05, 4.69) is 4.98 Å². The number of carbonyl (C=O) groups excluding carboxylic acids is 2. The van der Waals surface area contributed by atoms with Crippen LogP contribution in [0.25, 0.3) is 17.0 Å². The summed E-state index contributed by atoms with van der Waals surface area (Å²) in [5, 5.41) is 1.05. The zero-order valence-corrected chi connectivity index (χ0v) is 13.1. The molecule has 1 aromatic heterocycles. The number of fused-ring (bicyclic) bond motifs is 1. The molecule has 1 aliphatic heterocycles. The highest BCUT2D eigenvalue weighted by Crippen LogP contribution is 2.17. The van der Waals surface area contributed by atoms with Crippen molar-refractivity contribution in [3.05, 3.63) is 48.2 Å². The zero-order valence-electron chi connectivity index (χ0n) is 13.1. The Kier molecular flexibility index (Phi) is 4.37. The van der Waals surface area contributed by atoms with Gasteiger partial charge in [0.1, 0.15) is 0 Å². The van der Waals surface area contributed by atoms with Crippen molar-refractivity contribution in [3.8, 4) is 0 Å². The first kappa shape index (κ1) is 15.2. The van der Waals surface area contributed by atoms with Gasteiger partial charge in [0.15, 0.2) is 0 Å². The van der Waals surface area contributed by atoms with E-state index in [1.807, 2.05) is 36.4 Å². The highest BCUT2D eigenvalue weighted by Gasteiger charge is 2.20. The molecule has 1 saturated heterocycles. The van der Waals surface area contributed by atoms with Crippen LogP contribution in [0.2, 0.25) is 0 Å². The molecule has 0 aliphatic carbocycles. The summed E-state index contributed by atoms with van der Waals surface area (Å²) in [6.45, 7) is 3.92. The Balaban J connectivity index is 1.70. The molecule has 118 valence electrons. The van der Waals surface area contributed by atoms with Crippen molar-refractivity contribution in [1.82, 2.24) is 14.8 Å². The second-order valence-electron chi connectivity index (χ2n) is 5.59. The molecular weight excluding hydrogens is 290 g/mol. The largest absolute Gasteiger partial charge is 0.339 e. The maximum atomic E-state index is 12.3. The third kappa shape index (κ3) is 3.39. The smallest absolute Gasteiger partial charge is 0.246 e. The van der Waals surface area contributed by atoms with Gasteiger partial charge in [-0.2, -0.15) is 0 Å². The number of pyridine rings is 1. The maximum absolute atomic E-state index is 12.3. The Hall–Kier alpha value is -2.69. The molecule has 0 atom stereocenters. The number of rotatable bonds is 2. The van der Waals surface area contributed by atoms with Crippen LogP contribution in [0.1, 0.15) is 12.5 Å². The molecule has 2 heterocycles. The van der Waals surface area contributed by atoms with Crippen molar-refractivity contribution in [3.63, 3.8) is 0 Å². The summed E-state index contributed by atoms with van der Waals surface area (Å²) < 4.78 is 0. The molecule has 0 bridgehead atoms. The number of para-hydroxylation sites is 1. The molecule has 0 saturated carbocycles. The van der Waals surface area contributed by atoms with Crippen molar-refractivity contribution in [2.24, 2.45) is 0 Å². The fraction of sp³-hybridized carbons (Fsp3) is 0.278. The first-order chi connectivity index (χ1) is 11.1. The lowest BCUT2D eigenvalue weighted by Gasteiger charge is -2.33. The van der Waals surface area contributed by atoms with Crippen molar-refractivity contribution in [2.75, 3.05) is 26.2 Å². The van der Waals surface area contributed by atoms with Crippen LogP contribution >= 0.6 is 0 Å². The summed E-state index contributed by atoms with van der Waals surface area (Å²) in [4.78, 5) is 31.5. The van der Waals surface area contributed by atoms with E-state index in [0.717, 1.165) is 16.5 Å². The van der Waals surface area contributed by atoms with Crippen molar-refractivity contribution >= 4 is 28.8 Å². The van der Waals surface area contributed by atoms with E-state index in [9.17, 15) is 9.59 Å². The average Bonchev–Trinajstić information content (AvgIpc) is 2.59. The molecule has 5 heteroatoms. The molecule has 5 nitrogen and oxygen atoms in total. The van der Waals surface area contributed by atoms with Crippen LogP contribution < -0.4 is 0 Å². The van der Waals surface area contributed by atoms with Crippen LogP contribution in [-0.2, 0) is 9.59 Å². The Labute approximate surface area is 135 Å². The van der Waals surface area contributed by atoms with E-state index < -0.39 is 0 Å². The van der Waals surface area contributed by atoms with E-state index in [-0.39, 0.29) is 11.8 Å². The molecule has 1 fully saturated rings. The van der Waals surface area contributed by atoms with Crippen LogP contribution in [0.3, 0.4) is 0 Å². The van der Waals surface area contributed by atoms with Crippen molar-refractivity contribution < 1.29 is 9.59 Å². The minimum absolute atomic E-state index is 0.0267. The monoisotopic (exact) mass is 309 g/mol. The van der Waals surface area contributed by atoms with Gasteiger partial charge in [-0.15, -0.1) is 0 Å². The predicted molar refractivity (Wildman–Crippen MR) is 89.6 cm³/mol. The second kappa shape index (κ2) is 6.60. The summed E-state index contributed by atoms with van der Waals surface area (Å²) in [5.41, 5.74) is 1.82. The minimum atomic E-state index is -0.0267. The van der Waals surface area contributed by atoms with Gasteiger partial charge in [-0.3, -0.25) is 14.6 Å². The number of nitrogens with zero attached hydrogens (tertiary/aromatic N) is 3. The lowest BCUT2D eigenvalue weighted by Crippen LogP contribution is -2.49. The van der Waals surface area contributed by atoms with Gasteiger partial charge in [0.05, 0.1) is 5.52 Å². The molecule has 2 aromatic rings. The standard InChI is InChI=1S/C18H19N3O2/c1-14(22)20-10-12-21(13-11-20)17(23)8-7-16-5-2-4-15-6-3-9-19-18(15)16/h2-9H,10-13H2,1H3/b8-7+. The number of hydrogen-bond acceptors (Lipinski definition) is 3. The maximum Gasteiger partial charge on any atom is 0.246 e. The Morgan fingerprint density at radius 3 is 2.48 bits per heavy atom. The number of piperazine rings is 1. The normalized spacial score (nSPS) is 15.3. The summed E-state index contributed by atoms with van der Waals surface area (Å²) >= 11 is 0. The SMILES string of the molecule is CC(=O)N1CCN(C(=O)/C=C/c2cccc3cccnc23)CC1. The van der Waals surface area contributed by atoms with Crippen LogP contribution in [0.15, 0.2) is 42.6 Å². The van der Waals surface area contributed by atoms with Crippen LogP contribution in [-0.4, -0.2) is 52.8 Å². The van der Waals surface area contributed by atoms with E-state index in [1.165, 1.54) is 0 Å². The number of amides is 2. The van der Waals surface area contributed by atoms with Crippen LogP contribution in [0.5, 0.6) is 0 Å². The Morgan fingerprint density at radius 1 is 1.04 bits per heavy atom. The number of carbonyl (C=O) groups is 2. The van der Waals surface area contributed by atoms with E-state index in [0.29, 0.717) is 26.2 Å². The minimum Gasteiger partial charge on any atom is -0.339 e. The summed E-state index contributed by atoms with van der Waals surface area (Å²) in [6, 6.07) is 9.81. The molecule has 2 amide bonds. The van der Waals surface area contributed by atoms with Gasteiger partial charge in [-0.25, -0.2) is 0 Å². The molecule has 23 heavy (non-hydrogen) atoms. The van der Waals surface area contributed by atoms with Crippen molar-refractivity contribution in [2.45, 2.75) is 6.92 Å². The fourth-order valence-corrected chi connectivity index (χ4v) is 2.77. The van der Waals surface area contributed by atoms with Gasteiger partial charge >= 0.3 is 0 Å². The van der Waals surface area contributed by atoms with Crippen LogP contribution in [0.4, 0.5) is 0 Å². The first-order valence-corrected chi connectivity index (χ1v) is 7.71. The van der Waals surface area contributed by atoms with Gasteiger partial charge in [-0.05, 0) is 12.1 Å². The third-order valence-electron chi connectivity index (χ3n) is 4.11. The lowest BCUT2D eigenvalue weighted by atomic mass is 10.1. The number of benzene rings is 1. The van der Waals surface area contributed by atoms with Crippen LogP contribution in [0, 0.1) is 0 Å². The highest BCUT2D eigenvalue weighted by atomic mass is 16.2. The van der Waals surface area contributed by atoms with Gasteiger partial charge in [-0.1, -0.05) is 24.3 Å². The van der Waals surface area contributed by atoms with E-state index >= 15 is 0 Å². The molecule has 0 radical (unpaired) electrons. The molecule has 1 aliphatic rings. The predicted octanol–water partition coefficient (Wildman–Crippen LogP) is 1.94. The number of aromatic nitrogens is 1. The molecule has 0 spiro atoms. The lowest BCUT2D eigenvalue weighted by molar-refractivity contribution is -0.135. The molecule has 1 aromatic carbocycles. The van der Waals surface area contributed by atoms with E-state index in [1.54, 1.807) is 29.0 Å². The van der Waals surface area contributed by atoms with Gasteiger partial charge in [0, 0.05) is 56.3 Å². The fourth-order valence-electron chi connectivity index (χ4n) is 2.77. The Morgan fingerprint density at radius 2 is 1.74 bits per heavy atom. The summed E-state index contributed by atoms with van der Waals surface area (Å²) in [5.74, 6) is 0.0376. The van der Waals surface area contributed by atoms with Gasteiger partial charge < -0.3 is 9.80 Å². The molecule has 3 rings (SSSR count). The Bertz CT molecular complexity index is 756. The average molecular weight is 309 g/mol. The third-order valence-corrected chi connectivity index (χ3v) is 4.11. The molecule has 0 N–H and O–H groups in total. The summed E-state index contributed by atoms with van der Waals surface area (Å²) in [6.07, 6.45) is 5.16. The highest BCUT2D eigenvalue weighted by molar-refractivity contribution is 5.95.